The number of carboxylic acids is 2. The second kappa shape index (κ2) is 16.4. The van der Waals surface area contributed by atoms with Crippen molar-refractivity contribution in [2.45, 2.75) is 102 Å². The summed E-state index contributed by atoms with van der Waals surface area (Å²) in [7, 11) is 0. The second-order valence-electron chi connectivity index (χ2n) is 8.22. The fraction of sp³-hybridized carbons (Fsp3) is 0.696. The summed E-state index contributed by atoms with van der Waals surface area (Å²) in [6.07, 6.45) is 9.88. The van der Waals surface area contributed by atoms with E-state index in [2.05, 4.69) is 12.2 Å². The molecular weight excluding hydrogens is 452 g/mol. The van der Waals surface area contributed by atoms with E-state index in [0.717, 1.165) is 25.7 Å². The minimum atomic E-state index is -1.50. The summed E-state index contributed by atoms with van der Waals surface area (Å²) in [4.78, 5) is 34.6. The number of furan rings is 1. The second-order valence-corrected chi connectivity index (χ2v) is 8.59. The van der Waals surface area contributed by atoms with Crippen LogP contribution in [0.2, 0.25) is 5.22 Å². The quantitative estimate of drug-likeness (QED) is 0.204. The maximum atomic E-state index is 12.3. The van der Waals surface area contributed by atoms with Crippen LogP contribution in [0.4, 0.5) is 4.79 Å². The molecule has 3 atom stereocenters. The SMILES string of the molecule is CCCCCCCCCCCCC(OC(=O)NC(CC(N)C(=O)O)C(=O)O)c1ccc(Cl)o1. The highest BCUT2D eigenvalue weighted by atomic mass is 35.5. The summed E-state index contributed by atoms with van der Waals surface area (Å²) in [5.74, 6) is -2.41. The Balaban J connectivity index is 2.50. The van der Waals surface area contributed by atoms with Crippen LogP contribution in [0.5, 0.6) is 0 Å². The Morgan fingerprint density at radius 2 is 1.58 bits per heavy atom. The van der Waals surface area contributed by atoms with E-state index in [-0.39, 0.29) is 5.22 Å². The van der Waals surface area contributed by atoms with Crippen molar-refractivity contribution in [3.63, 3.8) is 0 Å². The molecule has 33 heavy (non-hydrogen) atoms. The summed E-state index contributed by atoms with van der Waals surface area (Å²) in [5.41, 5.74) is 5.39. The number of unbranched alkanes of at least 4 members (excludes halogenated alkanes) is 9. The van der Waals surface area contributed by atoms with Crippen LogP contribution in [-0.2, 0) is 14.3 Å². The molecule has 5 N–H and O–H groups in total. The molecule has 0 aliphatic carbocycles. The monoisotopic (exact) mass is 488 g/mol. The average molecular weight is 489 g/mol. The van der Waals surface area contributed by atoms with Gasteiger partial charge in [0.2, 0.25) is 0 Å². The van der Waals surface area contributed by atoms with Gasteiger partial charge >= 0.3 is 18.0 Å². The molecule has 0 aliphatic rings. The van der Waals surface area contributed by atoms with Gasteiger partial charge < -0.3 is 30.4 Å². The maximum Gasteiger partial charge on any atom is 0.408 e. The molecule has 0 spiro atoms. The Hall–Kier alpha value is -2.26. The third kappa shape index (κ3) is 12.5. The number of carbonyl (C=O) groups is 3. The first-order valence-corrected chi connectivity index (χ1v) is 12.1. The molecule has 0 fully saturated rings. The van der Waals surface area contributed by atoms with Crippen molar-refractivity contribution in [3.05, 3.63) is 23.1 Å². The van der Waals surface area contributed by atoms with Crippen LogP contribution >= 0.6 is 11.6 Å². The number of carboxylic acid groups (broad SMARTS) is 2. The highest BCUT2D eigenvalue weighted by Gasteiger charge is 2.28. The zero-order valence-corrected chi connectivity index (χ0v) is 20.0. The summed E-state index contributed by atoms with van der Waals surface area (Å²) in [6, 6.07) is 0.209. The predicted octanol–water partition coefficient (Wildman–Crippen LogP) is 5.27. The number of nitrogens with one attached hydrogen (secondary N) is 1. The number of hydrogen-bond acceptors (Lipinski definition) is 6. The summed E-state index contributed by atoms with van der Waals surface area (Å²) in [6.45, 7) is 2.21. The number of aliphatic carboxylic acids is 2. The third-order valence-corrected chi connectivity index (χ3v) is 5.58. The molecule has 0 aliphatic heterocycles. The smallest absolute Gasteiger partial charge is 0.408 e. The van der Waals surface area contributed by atoms with Gasteiger partial charge in [-0.2, -0.15) is 0 Å². The predicted molar refractivity (Wildman–Crippen MR) is 124 cm³/mol. The molecule has 1 rings (SSSR count). The van der Waals surface area contributed by atoms with Crippen molar-refractivity contribution < 1.29 is 33.8 Å². The van der Waals surface area contributed by atoms with Crippen LogP contribution in [0.25, 0.3) is 0 Å². The van der Waals surface area contributed by atoms with Crippen molar-refractivity contribution in [3.8, 4) is 0 Å². The van der Waals surface area contributed by atoms with E-state index in [1.807, 2.05) is 0 Å². The molecule has 9 nitrogen and oxygen atoms in total. The molecule has 0 bridgehead atoms. The van der Waals surface area contributed by atoms with Gasteiger partial charge in [-0.1, -0.05) is 64.7 Å². The molecule has 1 amide bonds. The van der Waals surface area contributed by atoms with Gasteiger partial charge in [0.05, 0.1) is 0 Å². The summed E-state index contributed by atoms with van der Waals surface area (Å²) >= 11 is 5.85. The lowest BCUT2D eigenvalue weighted by molar-refractivity contribution is -0.141. The van der Waals surface area contributed by atoms with Gasteiger partial charge in [-0.3, -0.25) is 4.79 Å². The zero-order valence-electron chi connectivity index (χ0n) is 19.3. The van der Waals surface area contributed by atoms with Crippen molar-refractivity contribution in [1.29, 1.82) is 0 Å². The number of alkyl carbamates (subject to hydrolysis) is 1. The molecule has 0 aromatic carbocycles. The van der Waals surface area contributed by atoms with Gasteiger partial charge in [0.25, 0.3) is 0 Å². The first-order chi connectivity index (χ1) is 15.7. The molecule has 10 heteroatoms. The van der Waals surface area contributed by atoms with Crippen molar-refractivity contribution in [2.24, 2.45) is 5.73 Å². The van der Waals surface area contributed by atoms with E-state index >= 15 is 0 Å². The van der Waals surface area contributed by atoms with E-state index in [0.29, 0.717) is 12.2 Å². The Kier molecular flexibility index (Phi) is 14.3. The zero-order chi connectivity index (χ0) is 24.6. The van der Waals surface area contributed by atoms with Gasteiger partial charge in [0.1, 0.15) is 17.8 Å². The number of rotatable bonds is 18. The van der Waals surface area contributed by atoms with Gasteiger partial charge in [-0.25, -0.2) is 9.59 Å². The Bertz CT molecular complexity index is 725. The van der Waals surface area contributed by atoms with Crippen molar-refractivity contribution in [1.82, 2.24) is 5.32 Å². The Morgan fingerprint density at radius 3 is 2.06 bits per heavy atom. The molecule has 0 saturated heterocycles. The number of carbonyl (C=O) groups excluding carboxylic acids is 1. The summed E-state index contributed by atoms with van der Waals surface area (Å²) in [5, 5.41) is 20.5. The van der Waals surface area contributed by atoms with Crippen LogP contribution in [-0.4, -0.2) is 40.3 Å². The standard InChI is InChI=1S/C23H37ClN2O7/c1-2-3-4-5-6-7-8-9-10-11-12-18(19-13-14-20(24)32-19)33-23(31)26-17(22(29)30)15-16(25)21(27)28/h13-14,16-18H,2-12,15,25H2,1H3,(H,26,31)(H,27,28)(H,29,30). The first kappa shape index (κ1) is 28.8. The molecule has 1 heterocycles. The molecule has 188 valence electrons. The Morgan fingerprint density at radius 1 is 1.00 bits per heavy atom. The molecule has 0 saturated carbocycles. The normalized spacial score (nSPS) is 13.8. The van der Waals surface area contributed by atoms with Crippen LogP contribution in [0.3, 0.4) is 0 Å². The highest BCUT2D eigenvalue weighted by molar-refractivity contribution is 6.28. The van der Waals surface area contributed by atoms with Gasteiger partial charge in [0.15, 0.2) is 11.3 Å². The number of ether oxygens (including phenoxy) is 1. The first-order valence-electron chi connectivity index (χ1n) is 11.7. The minimum Gasteiger partial charge on any atom is -0.480 e. The minimum absolute atomic E-state index is 0.151. The van der Waals surface area contributed by atoms with Crippen molar-refractivity contribution >= 4 is 29.6 Å². The fourth-order valence-corrected chi connectivity index (χ4v) is 3.61. The largest absolute Gasteiger partial charge is 0.480 e. The van der Waals surface area contributed by atoms with E-state index < -0.39 is 42.6 Å². The number of hydrogen-bond donors (Lipinski definition) is 4. The van der Waals surface area contributed by atoms with Crippen LogP contribution in [0, 0.1) is 0 Å². The lowest BCUT2D eigenvalue weighted by Crippen LogP contribution is -2.46. The molecular formula is C23H37ClN2O7. The van der Waals surface area contributed by atoms with E-state index in [9.17, 15) is 19.5 Å². The summed E-state index contributed by atoms with van der Waals surface area (Å²) < 4.78 is 10.8. The Labute approximate surface area is 200 Å². The van der Waals surface area contributed by atoms with Gasteiger partial charge in [-0.05, 0) is 36.6 Å². The molecule has 1 aromatic heterocycles. The average Bonchev–Trinajstić information content (AvgIpc) is 3.19. The van der Waals surface area contributed by atoms with Crippen LogP contribution in [0.15, 0.2) is 16.5 Å². The van der Waals surface area contributed by atoms with E-state index in [4.69, 9.17) is 31.6 Å². The van der Waals surface area contributed by atoms with E-state index in [1.54, 1.807) is 6.07 Å². The topological polar surface area (TPSA) is 152 Å². The number of nitrogens with two attached hydrogens (primary N) is 1. The number of halogens is 1. The van der Waals surface area contributed by atoms with Crippen LogP contribution in [0.1, 0.15) is 95.8 Å². The molecule has 1 aromatic rings. The van der Waals surface area contributed by atoms with Crippen LogP contribution < -0.4 is 11.1 Å². The van der Waals surface area contributed by atoms with E-state index in [1.165, 1.54) is 44.6 Å². The lowest BCUT2D eigenvalue weighted by atomic mass is 10.0. The molecule has 0 radical (unpaired) electrons. The molecule has 3 unspecified atom stereocenters. The van der Waals surface area contributed by atoms with Gasteiger partial charge in [0, 0.05) is 6.42 Å². The fourth-order valence-electron chi connectivity index (χ4n) is 3.46. The lowest BCUT2D eigenvalue weighted by Gasteiger charge is -2.20. The van der Waals surface area contributed by atoms with Gasteiger partial charge in [-0.15, -0.1) is 0 Å². The third-order valence-electron chi connectivity index (χ3n) is 5.38. The number of amides is 1. The van der Waals surface area contributed by atoms with Crippen molar-refractivity contribution in [2.75, 3.05) is 0 Å². The maximum absolute atomic E-state index is 12.3. The highest BCUT2D eigenvalue weighted by Crippen LogP contribution is 2.28.